The Morgan fingerprint density at radius 3 is 2.62 bits per heavy atom. The molecule has 0 atom stereocenters. The fraction of sp³-hybridized carbons (Fsp3) is 0.152. The number of imidazole rings is 1. The molecule has 6 aromatic rings. The maximum atomic E-state index is 12.7. The number of nitrogens with one attached hydrogen (secondary N) is 2. The van der Waals surface area contributed by atoms with E-state index >= 15 is 0 Å². The van der Waals surface area contributed by atoms with Crippen LogP contribution in [0.25, 0.3) is 28.3 Å². The lowest BCUT2D eigenvalue weighted by atomic mass is 10.1. The van der Waals surface area contributed by atoms with Gasteiger partial charge in [0.2, 0.25) is 11.9 Å². The van der Waals surface area contributed by atoms with Crippen LogP contribution >= 0.6 is 11.3 Å². The van der Waals surface area contributed by atoms with Crippen molar-refractivity contribution >= 4 is 40.2 Å². The van der Waals surface area contributed by atoms with E-state index in [1.165, 1.54) is 5.56 Å². The van der Waals surface area contributed by atoms with E-state index in [4.69, 9.17) is 9.97 Å². The second-order valence-corrected chi connectivity index (χ2v) is 11.3. The Balaban J connectivity index is 1.29. The van der Waals surface area contributed by atoms with Crippen LogP contribution in [0.4, 0.5) is 17.3 Å². The minimum absolute atomic E-state index is 0.0536. The summed E-state index contributed by atoms with van der Waals surface area (Å²) in [6.45, 7) is 1.00. The number of aromatic nitrogens is 4. The fourth-order valence-corrected chi connectivity index (χ4v) is 5.45. The van der Waals surface area contributed by atoms with Gasteiger partial charge < -0.3 is 15.5 Å². The lowest BCUT2D eigenvalue weighted by Crippen LogP contribution is -2.14. The average Bonchev–Trinajstić information content (AvgIpc) is 3.65. The van der Waals surface area contributed by atoms with Crippen molar-refractivity contribution in [3.8, 4) is 22.6 Å². The number of rotatable bonds is 10. The Hall–Kier alpha value is -4.86. The average molecular weight is 574 g/mol. The predicted molar refractivity (Wildman–Crippen MR) is 170 cm³/mol. The Morgan fingerprint density at radius 1 is 0.929 bits per heavy atom. The number of carbonyl (C=O) groups is 1. The van der Waals surface area contributed by atoms with E-state index in [1.807, 2.05) is 76.6 Å². The largest absolute Gasteiger partial charge is 0.326 e. The van der Waals surface area contributed by atoms with Crippen LogP contribution in [0.5, 0.6) is 0 Å². The summed E-state index contributed by atoms with van der Waals surface area (Å²) >= 11 is 1.58. The van der Waals surface area contributed by atoms with E-state index in [9.17, 15) is 4.79 Å². The third kappa shape index (κ3) is 6.38. The Bertz CT molecular complexity index is 1810. The topological polar surface area (TPSA) is 87.5 Å². The van der Waals surface area contributed by atoms with Crippen molar-refractivity contribution in [1.82, 2.24) is 24.3 Å². The zero-order valence-electron chi connectivity index (χ0n) is 23.5. The van der Waals surface area contributed by atoms with E-state index in [1.54, 1.807) is 17.5 Å². The summed E-state index contributed by atoms with van der Waals surface area (Å²) in [7, 11) is 4.16. The number of fused-ring (bicyclic) bond motifs is 1. The molecule has 4 heterocycles. The molecule has 0 aliphatic heterocycles. The van der Waals surface area contributed by atoms with Gasteiger partial charge in [-0.1, -0.05) is 36.4 Å². The van der Waals surface area contributed by atoms with Gasteiger partial charge in [-0.15, -0.1) is 11.3 Å². The molecular formula is C33H31N7OS. The molecule has 0 bridgehead atoms. The van der Waals surface area contributed by atoms with Gasteiger partial charge in [-0.2, -0.15) is 0 Å². The number of amides is 1. The highest BCUT2D eigenvalue weighted by molar-refractivity contribution is 7.10. The molecule has 1 amide bonds. The Morgan fingerprint density at radius 2 is 1.81 bits per heavy atom. The summed E-state index contributed by atoms with van der Waals surface area (Å²) in [5.41, 5.74) is 6.95. The maximum Gasteiger partial charge on any atom is 0.229 e. The van der Waals surface area contributed by atoms with Gasteiger partial charge in [0.1, 0.15) is 5.65 Å². The van der Waals surface area contributed by atoms with Crippen molar-refractivity contribution in [2.45, 2.75) is 12.8 Å². The monoisotopic (exact) mass is 573 g/mol. The SMILES string of the molecule is CN(C)CCc1ccc(Nc2nccc(-c3c(-c4cccc(NC(=O)Cc5cccs5)c4)nc4ccccn34)n2)cc1. The predicted octanol–water partition coefficient (Wildman–Crippen LogP) is 6.55. The third-order valence-corrected chi connectivity index (χ3v) is 7.70. The number of pyridine rings is 1. The summed E-state index contributed by atoms with van der Waals surface area (Å²) < 4.78 is 2.03. The Labute approximate surface area is 248 Å². The number of hydrogen-bond donors (Lipinski definition) is 2. The van der Waals surface area contributed by atoms with Crippen LogP contribution in [0.15, 0.2) is 103 Å². The van der Waals surface area contributed by atoms with Crippen molar-refractivity contribution < 1.29 is 4.79 Å². The van der Waals surface area contributed by atoms with Gasteiger partial charge in [0.15, 0.2) is 0 Å². The van der Waals surface area contributed by atoms with Gasteiger partial charge in [0.05, 0.1) is 23.5 Å². The number of anilines is 3. The van der Waals surface area contributed by atoms with Crippen LogP contribution < -0.4 is 10.6 Å². The molecule has 0 fully saturated rings. The van der Waals surface area contributed by atoms with Crippen molar-refractivity contribution in [1.29, 1.82) is 0 Å². The first-order valence-electron chi connectivity index (χ1n) is 13.8. The third-order valence-electron chi connectivity index (χ3n) is 6.82. The quantitative estimate of drug-likeness (QED) is 0.193. The molecule has 0 spiro atoms. The number of benzene rings is 2. The molecule has 0 radical (unpaired) electrons. The van der Waals surface area contributed by atoms with Gasteiger partial charge in [-0.25, -0.2) is 15.0 Å². The molecule has 42 heavy (non-hydrogen) atoms. The lowest BCUT2D eigenvalue weighted by molar-refractivity contribution is -0.115. The van der Waals surface area contributed by atoms with Crippen molar-refractivity contribution in [3.63, 3.8) is 0 Å². The zero-order chi connectivity index (χ0) is 28.9. The molecule has 6 rings (SSSR count). The molecule has 210 valence electrons. The lowest BCUT2D eigenvalue weighted by Gasteiger charge is -2.11. The van der Waals surface area contributed by atoms with Crippen LogP contribution in [-0.4, -0.2) is 50.8 Å². The molecule has 4 aromatic heterocycles. The van der Waals surface area contributed by atoms with E-state index < -0.39 is 0 Å². The summed E-state index contributed by atoms with van der Waals surface area (Å²) in [6, 6.07) is 27.9. The van der Waals surface area contributed by atoms with Crippen molar-refractivity contribution in [2.75, 3.05) is 31.3 Å². The molecule has 2 N–H and O–H groups in total. The van der Waals surface area contributed by atoms with E-state index in [-0.39, 0.29) is 5.91 Å². The van der Waals surface area contributed by atoms with E-state index in [2.05, 4.69) is 58.9 Å². The van der Waals surface area contributed by atoms with Gasteiger partial charge in [-0.05, 0) is 80.0 Å². The molecule has 9 heteroatoms. The second kappa shape index (κ2) is 12.3. The maximum absolute atomic E-state index is 12.7. The summed E-state index contributed by atoms with van der Waals surface area (Å²) in [6.07, 6.45) is 5.08. The fourth-order valence-electron chi connectivity index (χ4n) is 4.75. The smallest absolute Gasteiger partial charge is 0.229 e. The van der Waals surface area contributed by atoms with Crippen molar-refractivity contribution in [3.05, 3.63) is 113 Å². The first kappa shape index (κ1) is 27.3. The first-order valence-corrected chi connectivity index (χ1v) is 14.6. The van der Waals surface area contributed by atoms with E-state index in [0.717, 1.165) is 57.5 Å². The first-order chi connectivity index (χ1) is 20.5. The van der Waals surface area contributed by atoms with Crippen LogP contribution in [0.2, 0.25) is 0 Å². The van der Waals surface area contributed by atoms with Crippen LogP contribution in [0.3, 0.4) is 0 Å². The number of thiophene rings is 1. The number of nitrogens with zero attached hydrogens (tertiary/aromatic N) is 5. The molecule has 8 nitrogen and oxygen atoms in total. The molecule has 2 aromatic carbocycles. The molecule has 0 saturated carbocycles. The zero-order valence-corrected chi connectivity index (χ0v) is 24.3. The highest BCUT2D eigenvalue weighted by Gasteiger charge is 2.18. The van der Waals surface area contributed by atoms with Crippen LogP contribution in [-0.2, 0) is 17.6 Å². The minimum Gasteiger partial charge on any atom is -0.326 e. The van der Waals surface area contributed by atoms with E-state index in [0.29, 0.717) is 12.4 Å². The number of carbonyl (C=O) groups excluding carboxylic acids is 1. The number of hydrogen-bond acceptors (Lipinski definition) is 7. The molecule has 0 saturated heterocycles. The summed E-state index contributed by atoms with van der Waals surface area (Å²) in [4.78, 5) is 30.2. The second-order valence-electron chi connectivity index (χ2n) is 10.3. The standard InChI is InChI=1S/C33H31N7OS/c1-39(2)19-16-23-11-13-25(14-12-23)36-33-34-17-15-28(37-33)32-31(38-29-10-3-4-18-40(29)32)24-7-5-8-26(21-24)35-30(41)22-27-9-6-20-42-27/h3-15,17-18,20-21H,16,19,22H2,1-2H3,(H,35,41)(H,34,36,37). The highest BCUT2D eigenvalue weighted by Crippen LogP contribution is 2.33. The molecular weight excluding hydrogens is 542 g/mol. The van der Waals surface area contributed by atoms with Gasteiger partial charge in [0, 0.05) is 40.8 Å². The summed E-state index contributed by atoms with van der Waals surface area (Å²) in [5.74, 6) is 0.446. The van der Waals surface area contributed by atoms with Crippen LogP contribution in [0.1, 0.15) is 10.4 Å². The van der Waals surface area contributed by atoms with Gasteiger partial charge in [-0.3, -0.25) is 9.20 Å². The molecule has 0 aliphatic carbocycles. The van der Waals surface area contributed by atoms with Crippen LogP contribution in [0, 0.1) is 0 Å². The molecule has 0 unspecified atom stereocenters. The van der Waals surface area contributed by atoms with Crippen molar-refractivity contribution in [2.24, 2.45) is 0 Å². The summed E-state index contributed by atoms with van der Waals surface area (Å²) in [5, 5.41) is 8.36. The minimum atomic E-state index is -0.0536. The Kier molecular flexibility index (Phi) is 8.02. The molecule has 0 aliphatic rings. The van der Waals surface area contributed by atoms with Gasteiger partial charge in [0.25, 0.3) is 0 Å². The number of likely N-dealkylation sites (N-methyl/N-ethyl adjacent to an activating group) is 1. The van der Waals surface area contributed by atoms with Gasteiger partial charge >= 0.3 is 0 Å². The highest BCUT2D eigenvalue weighted by atomic mass is 32.1. The normalized spacial score (nSPS) is 11.2.